The number of aromatic nitrogens is 2. The lowest BCUT2D eigenvalue weighted by atomic mass is 10.1. The lowest BCUT2D eigenvalue weighted by Crippen LogP contribution is -3.12. The summed E-state index contributed by atoms with van der Waals surface area (Å²) in [5.41, 5.74) is 2.36. The van der Waals surface area contributed by atoms with E-state index in [0.717, 1.165) is 47.4 Å². The van der Waals surface area contributed by atoms with Crippen LogP contribution < -0.4 is 9.80 Å². The lowest BCUT2D eigenvalue weighted by Gasteiger charge is -2.31. The fraction of sp³-hybridized carbons (Fsp3) is 0.294. The fourth-order valence-corrected chi connectivity index (χ4v) is 4.08. The Morgan fingerprint density at radius 1 is 1.13 bits per heavy atom. The predicted octanol–water partition coefficient (Wildman–Crippen LogP) is 2.35. The van der Waals surface area contributed by atoms with Gasteiger partial charge in [0.15, 0.2) is 0 Å². The summed E-state index contributed by atoms with van der Waals surface area (Å²) in [7, 11) is 2.25. The minimum atomic E-state index is 0.756. The number of quaternary nitrogens is 1. The Labute approximate surface area is 144 Å². The van der Waals surface area contributed by atoms with E-state index < -0.39 is 0 Å². The molecule has 3 aromatic rings. The molecule has 4 nitrogen and oxygen atoms in total. The second kappa shape index (κ2) is 6.07. The van der Waals surface area contributed by atoms with Gasteiger partial charge in [-0.25, -0.2) is 9.97 Å². The Kier molecular flexibility index (Phi) is 3.93. The molecule has 0 aliphatic carbocycles. The third-order valence-electron chi connectivity index (χ3n) is 4.42. The minimum absolute atomic E-state index is 0.756. The molecule has 0 amide bonds. The molecule has 1 fully saturated rings. The summed E-state index contributed by atoms with van der Waals surface area (Å²) in [4.78, 5) is 14.1. The maximum absolute atomic E-state index is 6.03. The molecule has 1 aliphatic rings. The zero-order valence-corrected chi connectivity index (χ0v) is 14.5. The van der Waals surface area contributed by atoms with E-state index in [4.69, 9.17) is 11.6 Å². The van der Waals surface area contributed by atoms with Crippen LogP contribution in [0.4, 0.5) is 5.82 Å². The van der Waals surface area contributed by atoms with Crippen molar-refractivity contribution in [3.05, 3.63) is 41.0 Å². The smallest absolute Gasteiger partial charge is 0.141 e. The first kappa shape index (κ1) is 14.9. The quantitative estimate of drug-likeness (QED) is 0.774. The number of benzene rings is 1. The van der Waals surface area contributed by atoms with Crippen LogP contribution in [-0.4, -0.2) is 43.2 Å². The van der Waals surface area contributed by atoms with Crippen molar-refractivity contribution in [2.45, 2.75) is 0 Å². The first-order valence-corrected chi connectivity index (χ1v) is 9.02. The van der Waals surface area contributed by atoms with Crippen LogP contribution in [0, 0.1) is 0 Å². The molecule has 0 radical (unpaired) electrons. The van der Waals surface area contributed by atoms with Gasteiger partial charge in [0.2, 0.25) is 0 Å². The molecule has 4 rings (SSSR count). The first-order chi connectivity index (χ1) is 11.2. The van der Waals surface area contributed by atoms with Crippen molar-refractivity contribution in [2.75, 3.05) is 38.1 Å². The van der Waals surface area contributed by atoms with Crippen molar-refractivity contribution in [1.29, 1.82) is 0 Å². The van der Waals surface area contributed by atoms with Crippen LogP contribution in [0.2, 0.25) is 5.02 Å². The van der Waals surface area contributed by atoms with E-state index in [2.05, 4.69) is 39.4 Å². The second-order valence-corrected chi connectivity index (χ2v) is 7.27. The van der Waals surface area contributed by atoms with Crippen LogP contribution in [0.15, 0.2) is 36.0 Å². The number of piperazine rings is 1. The van der Waals surface area contributed by atoms with Gasteiger partial charge >= 0.3 is 0 Å². The highest BCUT2D eigenvalue weighted by Crippen LogP contribution is 2.38. The molecule has 23 heavy (non-hydrogen) atoms. The summed E-state index contributed by atoms with van der Waals surface area (Å²) in [6, 6.07) is 8.00. The zero-order chi connectivity index (χ0) is 15.8. The number of halogens is 1. The van der Waals surface area contributed by atoms with E-state index in [0.29, 0.717) is 0 Å². The molecule has 3 heterocycles. The molecule has 1 aliphatic heterocycles. The molecular formula is C17H18ClN4S+. The van der Waals surface area contributed by atoms with Gasteiger partial charge in [0.25, 0.3) is 0 Å². The maximum atomic E-state index is 6.03. The maximum Gasteiger partial charge on any atom is 0.141 e. The number of hydrogen-bond donors (Lipinski definition) is 1. The number of hydrogen-bond acceptors (Lipinski definition) is 4. The topological polar surface area (TPSA) is 33.5 Å². The van der Waals surface area contributed by atoms with Crippen molar-refractivity contribution in [3.63, 3.8) is 0 Å². The molecule has 2 aromatic heterocycles. The number of anilines is 1. The summed E-state index contributed by atoms with van der Waals surface area (Å²) in [6.07, 6.45) is 1.69. The fourth-order valence-electron chi connectivity index (χ4n) is 3.04. The summed E-state index contributed by atoms with van der Waals surface area (Å²) < 4.78 is 0. The zero-order valence-electron chi connectivity index (χ0n) is 12.9. The van der Waals surface area contributed by atoms with Gasteiger partial charge in [0, 0.05) is 16.0 Å². The normalized spacial score (nSPS) is 16.2. The molecule has 118 valence electrons. The molecule has 6 heteroatoms. The SMILES string of the molecule is C[NH+]1CCN(c2ncnc3scc(-c4ccc(Cl)cc4)c23)CC1. The highest BCUT2D eigenvalue weighted by molar-refractivity contribution is 7.17. The van der Waals surface area contributed by atoms with Crippen LogP contribution >= 0.6 is 22.9 Å². The van der Waals surface area contributed by atoms with Gasteiger partial charge in [-0.2, -0.15) is 0 Å². The van der Waals surface area contributed by atoms with Crippen LogP contribution in [0.3, 0.4) is 0 Å². The predicted molar refractivity (Wildman–Crippen MR) is 96.7 cm³/mol. The Hall–Kier alpha value is -1.69. The van der Waals surface area contributed by atoms with Crippen molar-refractivity contribution < 1.29 is 4.90 Å². The average molecular weight is 346 g/mol. The van der Waals surface area contributed by atoms with Crippen molar-refractivity contribution >= 4 is 39.0 Å². The van der Waals surface area contributed by atoms with Gasteiger partial charge < -0.3 is 9.80 Å². The van der Waals surface area contributed by atoms with Gasteiger partial charge in [-0.1, -0.05) is 23.7 Å². The molecule has 0 bridgehead atoms. The number of nitrogens with one attached hydrogen (secondary N) is 1. The molecule has 0 saturated carbocycles. The molecular weight excluding hydrogens is 328 g/mol. The van der Waals surface area contributed by atoms with E-state index in [1.54, 1.807) is 22.6 Å². The van der Waals surface area contributed by atoms with Gasteiger partial charge in [0.05, 0.1) is 38.6 Å². The molecule has 1 aromatic carbocycles. The molecule has 0 spiro atoms. The highest BCUT2D eigenvalue weighted by Gasteiger charge is 2.22. The van der Waals surface area contributed by atoms with Crippen molar-refractivity contribution in [2.24, 2.45) is 0 Å². The molecule has 1 saturated heterocycles. The average Bonchev–Trinajstić information content (AvgIpc) is 3.00. The largest absolute Gasteiger partial charge is 0.345 e. The number of rotatable bonds is 2. The third-order valence-corrected chi connectivity index (χ3v) is 5.56. The van der Waals surface area contributed by atoms with Crippen LogP contribution in [0.1, 0.15) is 0 Å². The summed E-state index contributed by atoms with van der Waals surface area (Å²) >= 11 is 7.70. The molecule has 0 unspecified atom stereocenters. The van der Waals surface area contributed by atoms with Gasteiger partial charge in [-0.15, -0.1) is 11.3 Å². The van der Waals surface area contributed by atoms with Crippen LogP contribution in [-0.2, 0) is 0 Å². The molecule has 0 atom stereocenters. The monoisotopic (exact) mass is 345 g/mol. The summed E-state index contributed by atoms with van der Waals surface area (Å²) in [6.45, 7) is 4.36. The Balaban J connectivity index is 1.82. The van der Waals surface area contributed by atoms with E-state index in [1.807, 2.05) is 12.1 Å². The number of likely N-dealkylation sites (N-methyl/N-ethyl adjacent to an activating group) is 1. The Morgan fingerprint density at radius 2 is 1.87 bits per heavy atom. The number of fused-ring (bicyclic) bond motifs is 1. The number of thiophene rings is 1. The summed E-state index contributed by atoms with van der Waals surface area (Å²) in [5.74, 6) is 1.06. The van der Waals surface area contributed by atoms with Crippen LogP contribution in [0.5, 0.6) is 0 Å². The number of nitrogens with zero attached hydrogens (tertiary/aromatic N) is 3. The summed E-state index contributed by atoms with van der Waals surface area (Å²) in [5, 5.41) is 4.10. The Morgan fingerprint density at radius 3 is 2.61 bits per heavy atom. The van der Waals surface area contributed by atoms with Crippen molar-refractivity contribution in [1.82, 2.24) is 9.97 Å². The van der Waals surface area contributed by atoms with E-state index in [1.165, 1.54) is 10.9 Å². The minimum Gasteiger partial charge on any atom is -0.345 e. The van der Waals surface area contributed by atoms with Gasteiger partial charge in [-0.3, -0.25) is 0 Å². The van der Waals surface area contributed by atoms with Gasteiger partial charge in [-0.05, 0) is 17.7 Å². The second-order valence-electron chi connectivity index (χ2n) is 5.98. The highest BCUT2D eigenvalue weighted by atomic mass is 35.5. The van der Waals surface area contributed by atoms with Crippen LogP contribution in [0.25, 0.3) is 21.3 Å². The van der Waals surface area contributed by atoms with Crippen molar-refractivity contribution in [3.8, 4) is 11.1 Å². The lowest BCUT2D eigenvalue weighted by molar-refractivity contribution is -0.880. The first-order valence-electron chi connectivity index (χ1n) is 7.77. The van der Waals surface area contributed by atoms with E-state index in [-0.39, 0.29) is 0 Å². The third kappa shape index (κ3) is 2.80. The van der Waals surface area contributed by atoms with E-state index in [9.17, 15) is 0 Å². The Bertz CT molecular complexity index is 822. The standard InChI is InChI=1S/C17H17ClN4S/c1-21-6-8-22(9-7-21)16-15-14(10-23-17(15)20-11-19-16)12-2-4-13(18)5-3-12/h2-5,10-11H,6-9H2,1H3/p+1. The van der Waals surface area contributed by atoms with Gasteiger partial charge in [0.1, 0.15) is 17.0 Å². The molecule has 1 N–H and O–H groups in total. The van der Waals surface area contributed by atoms with E-state index >= 15 is 0 Å².